The van der Waals surface area contributed by atoms with E-state index in [1.54, 1.807) is 35.0 Å². The van der Waals surface area contributed by atoms with Crippen LogP contribution in [0.2, 0.25) is 0 Å². The van der Waals surface area contributed by atoms with E-state index in [4.69, 9.17) is 4.74 Å². The lowest BCUT2D eigenvalue weighted by Crippen LogP contribution is -2.52. The van der Waals surface area contributed by atoms with E-state index in [0.717, 1.165) is 0 Å². The summed E-state index contributed by atoms with van der Waals surface area (Å²) in [5, 5.41) is 5.03. The van der Waals surface area contributed by atoms with Gasteiger partial charge in [-0.15, -0.1) is 11.3 Å². The fourth-order valence-electron chi connectivity index (χ4n) is 3.54. The van der Waals surface area contributed by atoms with E-state index in [9.17, 15) is 13.2 Å². The number of methoxy groups -OCH3 is 1. The van der Waals surface area contributed by atoms with Crippen molar-refractivity contribution < 1.29 is 17.9 Å². The Kier molecular flexibility index (Phi) is 4.79. The van der Waals surface area contributed by atoms with Crippen molar-refractivity contribution in [1.29, 1.82) is 0 Å². The molecule has 10 heteroatoms. The molecule has 0 spiro atoms. The molecule has 2 aromatic rings. The van der Waals surface area contributed by atoms with Crippen molar-refractivity contribution in [2.45, 2.75) is 23.9 Å². The molecule has 3 heterocycles. The molecule has 2 aliphatic rings. The van der Waals surface area contributed by atoms with Gasteiger partial charge in [0.2, 0.25) is 10.0 Å². The number of hydrogen-bond acceptors (Lipinski definition) is 7. The van der Waals surface area contributed by atoms with Crippen molar-refractivity contribution in [2.75, 3.05) is 25.5 Å². The number of thiazole rings is 1. The van der Waals surface area contributed by atoms with Crippen LogP contribution in [0.1, 0.15) is 23.3 Å². The topological polar surface area (TPSA) is 101 Å². The van der Waals surface area contributed by atoms with E-state index in [-0.39, 0.29) is 16.7 Å². The zero-order valence-electron chi connectivity index (χ0n) is 14.7. The minimum atomic E-state index is -3.59. The SMILES string of the molecule is COc1ccc2c(c1)N[C@H](C1CCN(C(=O)c3cscn3)CC1)NS2(=O)=O. The number of hydrogen-bond donors (Lipinski definition) is 2. The number of carbonyl (C=O) groups is 1. The lowest BCUT2D eigenvalue weighted by atomic mass is 9.93. The number of benzene rings is 1. The van der Waals surface area contributed by atoms with Gasteiger partial charge in [-0.3, -0.25) is 4.79 Å². The number of anilines is 1. The smallest absolute Gasteiger partial charge is 0.273 e. The molecular formula is C17H20N4O4S2. The summed E-state index contributed by atoms with van der Waals surface area (Å²) in [6.45, 7) is 1.15. The zero-order chi connectivity index (χ0) is 19.0. The highest BCUT2D eigenvalue weighted by molar-refractivity contribution is 7.89. The second-order valence-electron chi connectivity index (χ2n) is 6.61. The largest absolute Gasteiger partial charge is 0.497 e. The highest BCUT2D eigenvalue weighted by Gasteiger charge is 2.36. The van der Waals surface area contributed by atoms with Crippen molar-refractivity contribution >= 4 is 33.0 Å². The Labute approximate surface area is 161 Å². The normalized spacial score (nSPS) is 22.0. The molecule has 1 saturated heterocycles. The molecule has 2 N–H and O–H groups in total. The van der Waals surface area contributed by atoms with Crippen molar-refractivity contribution in [3.8, 4) is 5.75 Å². The summed E-state index contributed by atoms with van der Waals surface area (Å²) in [4.78, 5) is 18.5. The number of likely N-dealkylation sites (tertiary alicyclic amines) is 1. The zero-order valence-corrected chi connectivity index (χ0v) is 16.3. The fourth-order valence-corrected chi connectivity index (χ4v) is 5.43. The molecule has 0 unspecified atom stereocenters. The van der Waals surface area contributed by atoms with E-state index < -0.39 is 16.2 Å². The monoisotopic (exact) mass is 408 g/mol. The third-order valence-electron chi connectivity index (χ3n) is 5.02. The Bertz CT molecular complexity index is 938. The second kappa shape index (κ2) is 7.10. The van der Waals surface area contributed by atoms with Crippen LogP contribution in [-0.2, 0) is 10.0 Å². The summed E-state index contributed by atoms with van der Waals surface area (Å²) >= 11 is 1.40. The molecule has 1 aromatic carbocycles. The number of aromatic nitrogens is 1. The lowest BCUT2D eigenvalue weighted by molar-refractivity contribution is 0.0674. The Morgan fingerprint density at radius 2 is 2.11 bits per heavy atom. The first-order valence-electron chi connectivity index (χ1n) is 8.62. The molecule has 1 amide bonds. The van der Waals surface area contributed by atoms with E-state index >= 15 is 0 Å². The third kappa shape index (κ3) is 3.52. The highest BCUT2D eigenvalue weighted by atomic mass is 32.2. The average molecular weight is 409 g/mol. The predicted octanol–water partition coefficient (Wildman–Crippen LogP) is 1.73. The highest BCUT2D eigenvalue weighted by Crippen LogP contribution is 2.33. The molecule has 1 aromatic heterocycles. The van der Waals surface area contributed by atoms with Crippen LogP contribution in [0.15, 0.2) is 34.0 Å². The maximum absolute atomic E-state index is 12.6. The van der Waals surface area contributed by atoms with Crippen LogP contribution in [0.3, 0.4) is 0 Å². The predicted molar refractivity (Wildman–Crippen MR) is 101 cm³/mol. The average Bonchev–Trinajstić information content (AvgIpc) is 3.21. The van der Waals surface area contributed by atoms with Gasteiger partial charge in [-0.2, -0.15) is 4.72 Å². The number of piperidine rings is 1. The molecule has 0 aliphatic carbocycles. The van der Waals surface area contributed by atoms with E-state index in [1.165, 1.54) is 17.4 Å². The molecule has 0 bridgehead atoms. The molecular weight excluding hydrogens is 388 g/mol. The number of ether oxygens (including phenoxy) is 1. The van der Waals surface area contributed by atoms with Crippen LogP contribution in [0.5, 0.6) is 5.75 Å². The number of fused-ring (bicyclic) bond motifs is 1. The van der Waals surface area contributed by atoms with Gasteiger partial charge in [0, 0.05) is 24.5 Å². The standard InChI is InChI=1S/C17H20N4O4S2/c1-25-12-2-3-15-13(8-12)19-16(20-27(15,23)24)11-4-6-21(7-5-11)17(22)14-9-26-10-18-14/h2-3,8-11,16,19-20H,4-7H2,1H3/t16-/m0/s1. The lowest BCUT2D eigenvalue weighted by Gasteiger charge is -2.38. The molecule has 0 radical (unpaired) electrons. The minimum Gasteiger partial charge on any atom is -0.497 e. The number of sulfonamides is 1. The number of amides is 1. The van der Waals surface area contributed by atoms with Crippen LogP contribution in [-0.4, -0.2) is 50.6 Å². The fraction of sp³-hybridized carbons (Fsp3) is 0.412. The molecule has 2 aliphatic heterocycles. The van der Waals surface area contributed by atoms with Crippen LogP contribution in [0.25, 0.3) is 0 Å². The van der Waals surface area contributed by atoms with Gasteiger partial charge in [0.05, 0.1) is 24.5 Å². The van der Waals surface area contributed by atoms with E-state index in [1.807, 2.05) is 0 Å². The van der Waals surface area contributed by atoms with Crippen LogP contribution in [0.4, 0.5) is 5.69 Å². The van der Waals surface area contributed by atoms with Gasteiger partial charge in [-0.1, -0.05) is 0 Å². The molecule has 4 rings (SSSR count). The minimum absolute atomic E-state index is 0.0676. The summed E-state index contributed by atoms with van der Waals surface area (Å²) < 4.78 is 33.1. The Hall–Kier alpha value is -2.17. The van der Waals surface area contributed by atoms with Crippen molar-refractivity contribution in [3.63, 3.8) is 0 Å². The summed E-state index contributed by atoms with van der Waals surface area (Å²) in [7, 11) is -2.04. The van der Waals surface area contributed by atoms with Crippen LogP contribution >= 0.6 is 11.3 Å². The van der Waals surface area contributed by atoms with Gasteiger partial charge in [0.1, 0.15) is 16.3 Å². The Balaban J connectivity index is 1.46. The second-order valence-corrected chi connectivity index (χ2v) is 9.01. The molecule has 144 valence electrons. The van der Waals surface area contributed by atoms with Crippen LogP contribution in [0, 0.1) is 5.92 Å². The van der Waals surface area contributed by atoms with Gasteiger partial charge in [0.15, 0.2) is 0 Å². The van der Waals surface area contributed by atoms with Crippen LogP contribution < -0.4 is 14.8 Å². The summed E-state index contributed by atoms with van der Waals surface area (Å²) in [5.41, 5.74) is 2.65. The number of carbonyl (C=O) groups excluding carboxylic acids is 1. The molecule has 1 atom stereocenters. The first-order chi connectivity index (χ1) is 13.0. The molecule has 27 heavy (non-hydrogen) atoms. The van der Waals surface area contributed by atoms with E-state index in [0.29, 0.717) is 43.1 Å². The van der Waals surface area contributed by atoms with Crippen molar-refractivity contribution in [2.24, 2.45) is 5.92 Å². The van der Waals surface area contributed by atoms with Gasteiger partial charge in [-0.25, -0.2) is 13.4 Å². The van der Waals surface area contributed by atoms with Gasteiger partial charge >= 0.3 is 0 Å². The Morgan fingerprint density at radius 3 is 2.78 bits per heavy atom. The number of nitrogens with zero attached hydrogens (tertiary/aromatic N) is 2. The van der Waals surface area contributed by atoms with Gasteiger partial charge < -0.3 is 15.0 Å². The van der Waals surface area contributed by atoms with Crippen molar-refractivity contribution in [3.05, 3.63) is 34.8 Å². The first kappa shape index (κ1) is 18.2. The summed E-state index contributed by atoms with van der Waals surface area (Å²) in [6, 6.07) is 4.86. The number of rotatable bonds is 3. The molecule has 1 fully saturated rings. The first-order valence-corrected chi connectivity index (χ1v) is 11.0. The van der Waals surface area contributed by atoms with Gasteiger partial charge in [0.25, 0.3) is 5.91 Å². The number of nitrogens with one attached hydrogen (secondary N) is 2. The Morgan fingerprint density at radius 1 is 1.33 bits per heavy atom. The summed E-state index contributed by atoms with van der Waals surface area (Å²) in [6.07, 6.45) is 0.996. The molecule has 8 nitrogen and oxygen atoms in total. The third-order valence-corrected chi connectivity index (χ3v) is 7.10. The van der Waals surface area contributed by atoms with Gasteiger partial charge in [-0.05, 0) is 30.9 Å². The summed E-state index contributed by atoms with van der Waals surface area (Å²) in [5.74, 6) is 0.612. The molecule has 0 saturated carbocycles. The maximum Gasteiger partial charge on any atom is 0.273 e. The van der Waals surface area contributed by atoms with Crippen molar-refractivity contribution in [1.82, 2.24) is 14.6 Å². The maximum atomic E-state index is 12.6. The van der Waals surface area contributed by atoms with E-state index in [2.05, 4.69) is 15.0 Å². The quantitative estimate of drug-likeness (QED) is 0.802.